The summed E-state index contributed by atoms with van der Waals surface area (Å²) in [5, 5.41) is 8.81. The highest BCUT2D eigenvalue weighted by molar-refractivity contribution is 5.81. The van der Waals surface area contributed by atoms with Gasteiger partial charge < -0.3 is 20.1 Å². The Balaban J connectivity index is 1.95. The number of pyridine rings is 1. The lowest BCUT2D eigenvalue weighted by Gasteiger charge is -2.06. The minimum Gasteiger partial charge on any atom is -0.461 e. The Morgan fingerprint density at radius 1 is 1.27 bits per heavy atom. The fraction of sp³-hybridized carbons (Fsp3) is 0.286. The summed E-state index contributed by atoms with van der Waals surface area (Å²) in [7, 11) is 0. The lowest BCUT2D eigenvalue weighted by molar-refractivity contribution is 0.192. The van der Waals surface area contributed by atoms with Gasteiger partial charge in [0.25, 0.3) is 0 Å². The van der Waals surface area contributed by atoms with Gasteiger partial charge in [-0.05, 0) is 18.6 Å². The van der Waals surface area contributed by atoms with Gasteiger partial charge in [0.05, 0.1) is 19.5 Å². The number of nitrogen functional groups attached to an aromatic ring is 1. The number of aliphatic hydroxyl groups excluding tert-OH is 1. The summed E-state index contributed by atoms with van der Waals surface area (Å²) in [6.07, 6.45) is 3.47. The third-order valence-corrected chi connectivity index (χ3v) is 3.12. The first-order valence-corrected chi connectivity index (χ1v) is 6.81. The van der Waals surface area contributed by atoms with E-state index in [-0.39, 0.29) is 25.0 Å². The Labute approximate surface area is 126 Å². The van der Waals surface area contributed by atoms with Crippen molar-refractivity contribution in [3.63, 3.8) is 0 Å². The number of ether oxygens (including phenoxy) is 1. The number of nitrogens with two attached hydrogens (primary N) is 1. The van der Waals surface area contributed by atoms with Crippen LogP contribution in [0.5, 0.6) is 6.01 Å². The molecule has 8 nitrogen and oxygen atoms in total. The van der Waals surface area contributed by atoms with Crippen molar-refractivity contribution in [3.05, 3.63) is 35.9 Å². The van der Waals surface area contributed by atoms with E-state index in [0.29, 0.717) is 17.7 Å². The molecule has 8 heteroatoms. The molecule has 114 valence electrons. The molecule has 3 aromatic heterocycles. The number of aliphatic hydroxyl groups is 1. The van der Waals surface area contributed by atoms with E-state index in [4.69, 9.17) is 15.6 Å². The zero-order valence-electron chi connectivity index (χ0n) is 12.1. The molecule has 3 rings (SSSR count). The Kier molecular flexibility index (Phi) is 3.84. The molecule has 0 bridgehead atoms. The van der Waals surface area contributed by atoms with Gasteiger partial charge in [0.15, 0.2) is 17.0 Å². The number of rotatable bonds is 5. The van der Waals surface area contributed by atoms with Crippen LogP contribution in [0.4, 0.5) is 5.82 Å². The van der Waals surface area contributed by atoms with Gasteiger partial charge in [-0.1, -0.05) is 6.07 Å². The van der Waals surface area contributed by atoms with E-state index in [0.717, 1.165) is 11.3 Å². The van der Waals surface area contributed by atoms with E-state index < -0.39 is 0 Å². The fourth-order valence-corrected chi connectivity index (χ4v) is 2.05. The largest absolute Gasteiger partial charge is 0.461 e. The third kappa shape index (κ3) is 2.82. The Morgan fingerprint density at radius 3 is 2.86 bits per heavy atom. The van der Waals surface area contributed by atoms with Crippen LogP contribution in [0, 0.1) is 6.92 Å². The quantitative estimate of drug-likeness (QED) is 0.706. The fourth-order valence-electron chi connectivity index (χ4n) is 2.05. The van der Waals surface area contributed by atoms with Gasteiger partial charge in [-0.2, -0.15) is 9.97 Å². The van der Waals surface area contributed by atoms with Gasteiger partial charge in [-0.25, -0.2) is 4.98 Å². The molecule has 0 unspecified atom stereocenters. The molecule has 22 heavy (non-hydrogen) atoms. The monoisotopic (exact) mass is 300 g/mol. The van der Waals surface area contributed by atoms with Crippen molar-refractivity contribution in [1.29, 1.82) is 0 Å². The molecular weight excluding hydrogens is 284 g/mol. The molecule has 0 saturated heterocycles. The van der Waals surface area contributed by atoms with Gasteiger partial charge in [0, 0.05) is 11.9 Å². The molecule has 0 atom stereocenters. The average molecular weight is 300 g/mol. The van der Waals surface area contributed by atoms with E-state index in [1.165, 1.54) is 0 Å². The van der Waals surface area contributed by atoms with Crippen LogP contribution >= 0.6 is 0 Å². The van der Waals surface area contributed by atoms with Gasteiger partial charge in [0.1, 0.15) is 6.61 Å². The van der Waals surface area contributed by atoms with Crippen LogP contribution in [0.3, 0.4) is 0 Å². The number of aromatic nitrogens is 5. The summed E-state index contributed by atoms with van der Waals surface area (Å²) < 4.78 is 7.08. The van der Waals surface area contributed by atoms with Gasteiger partial charge >= 0.3 is 6.01 Å². The predicted octanol–water partition coefficient (Wildman–Crippen LogP) is 0.531. The number of hydrogen-bond donors (Lipinski definition) is 2. The van der Waals surface area contributed by atoms with Crippen LogP contribution in [0.25, 0.3) is 11.2 Å². The van der Waals surface area contributed by atoms with Crippen molar-refractivity contribution >= 4 is 17.0 Å². The molecule has 0 fully saturated rings. The molecule has 0 saturated carbocycles. The molecule has 3 aromatic rings. The lowest BCUT2D eigenvalue weighted by Crippen LogP contribution is -2.08. The SMILES string of the molecule is Cc1ccc(Cn2cnc3c(N)nc(OCCO)nc32)cn1. The van der Waals surface area contributed by atoms with Crippen LogP contribution in [-0.4, -0.2) is 42.8 Å². The first-order chi connectivity index (χ1) is 10.7. The van der Waals surface area contributed by atoms with E-state index in [1.54, 1.807) is 6.33 Å². The van der Waals surface area contributed by atoms with Crippen molar-refractivity contribution in [2.75, 3.05) is 18.9 Å². The molecule has 3 heterocycles. The number of aryl methyl sites for hydroxylation is 1. The number of anilines is 1. The standard InChI is InChI=1S/C14H16N6O2/c1-9-2-3-10(6-16-9)7-20-8-17-11-12(15)18-14(19-13(11)20)22-5-4-21/h2-3,6,8,21H,4-5,7H2,1H3,(H2,15,18,19). The van der Waals surface area contributed by atoms with Crippen LogP contribution < -0.4 is 10.5 Å². The summed E-state index contributed by atoms with van der Waals surface area (Å²) in [5.41, 5.74) is 8.97. The second kappa shape index (κ2) is 5.94. The molecule has 0 spiro atoms. The maximum absolute atomic E-state index is 8.81. The number of imidazole rings is 1. The zero-order chi connectivity index (χ0) is 15.5. The first kappa shape index (κ1) is 14.2. The van der Waals surface area contributed by atoms with Crippen LogP contribution in [0.2, 0.25) is 0 Å². The second-order valence-electron chi connectivity index (χ2n) is 4.82. The smallest absolute Gasteiger partial charge is 0.320 e. The normalized spacial score (nSPS) is 11.0. The Hall–Kier alpha value is -2.74. The summed E-state index contributed by atoms with van der Waals surface area (Å²) >= 11 is 0. The van der Waals surface area contributed by atoms with E-state index in [9.17, 15) is 0 Å². The number of hydrogen-bond acceptors (Lipinski definition) is 7. The average Bonchev–Trinajstić information content (AvgIpc) is 2.91. The molecule has 0 aromatic carbocycles. The van der Waals surface area contributed by atoms with E-state index >= 15 is 0 Å². The maximum Gasteiger partial charge on any atom is 0.320 e. The molecule has 3 N–H and O–H groups in total. The minimum atomic E-state index is -0.115. The van der Waals surface area contributed by atoms with Crippen molar-refractivity contribution in [2.24, 2.45) is 0 Å². The third-order valence-electron chi connectivity index (χ3n) is 3.12. The van der Waals surface area contributed by atoms with Crippen LogP contribution in [0.15, 0.2) is 24.7 Å². The summed E-state index contributed by atoms with van der Waals surface area (Å²) in [4.78, 5) is 16.8. The Bertz CT molecular complexity index is 784. The highest BCUT2D eigenvalue weighted by atomic mass is 16.5. The highest BCUT2D eigenvalue weighted by Crippen LogP contribution is 2.20. The van der Waals surface area contributed by atoms with Gasteiger partial charge in [-0.15, -0.1) is 0 Å². The molecular formula is C14H16N6O2. The highest BCUT2D eigenvalue weighted by Gasteiger charge is 2.12. The van der Waals surface area contributed by atoms with Gasteiger partial charge in [-0.3, -0.25) is 4.98 Å². The van der Waals surface area contributed by atoms with Crippen LogP contribution in [0.1, 0.15) is 11.3 Å². The van der Waals surface area contributed by atoms with Crippen molar-refractivity contribution in [1.82, 2.24) is 24.5 Å². The summed E-state index contributed by atoms with van der Waals surface area (Å²) in [5.74, 6) is 0.249. The number of fused-ring (bicyclic) bond motifs is 1. The molecule has 0 amide bonds. The topological polar surface area (TPSA) is 112 Å². The van der Waals surface area contributed by atoms with E-state index in [1.807, 2.05) is 29.8 Å². The molecule has 0 aliphatic rings. The minimum absolute atomic E-state index is 0.112. The number of nitrogens with zero attached hydrogens (tertiary/aromatic N) is 5. The van der Waals surface area contributed by atoms with Crippen LogP contribution in [-0.2, 0) is 6.54 Å². The zero-order valence-corrected chi connectivity index (χ0v) is 12.1. The molecule has 0 aliphatic carbocycles. The summed E-state index contributed by atoms with van der Waals surface area (Å²) in [6.45, 7) is 2.51. The van der Waals surface area contributed by atoms with Crippen molar-refractivity contribution < 1.29 is 9.84 Å². The molecule has 0 radical (unpaired) electrons. The maximum atomic E-state index is 8.81. The predicted molar refractivity (Wildman–Crippen MR) is 80.4 cm³/mol. The van der Waals surface area contributed by atoms with E-state index in [2.05, 4.69) is 19.9 Å². The van der Waals surface area contributed by atoms with Crippen molar-refractivity contribution in [2.45, 2.75) is 13.5 Å². The second-order valence-corrected chi connectivity index (χ2v) is 4.82. The molecule has 0 aliphatic heterocycles. The summed E-state index contributed by atoms with van der Waals surface area (Å²) in [6, 6.07) is 4.08. The van der Waals surface area contributed by atoms with Crippen molar-refractivity contribution in [3.8, 4) is 6.01 Å². The van der Waals surface area contributed by atoms with Gasteiger partial charge in [0.2, 0.25) is 0 Å². The lowest BCUT2D eigenvalue weighted by atomic mass is 10.2. The Morgan fingerprint density at radius 2 is 2.14 bits per heavy atom. The first-order valence-electron chi connectivity index (χ1n) is 6.81.